The Balaban J connectivity index is 3.12. The lowest BCUT2D eigenvalue weighted by Gasteiger charge is -2.20. The summed E-state index contributed by atoms with van der Waals surface area (Å²) in [5.41, 5.74) is 1.00. The molecule has 0 fully saturated rings. The predicted octanol–water partition coefficient (Wildman–Crippen LogP) is 2.04. The van der Waals surface area contributed by atoms with Crippen LogP contribution in [-0.2, 0) is 23.1 Å². The van der Waals surface area contributed by atoms with E-state index in [1.54, 1.807) is 16.6 Å². The first-order valence-electron chi connectivity index (χ1n) is 7.34. The van der Waals surface area contributed by atoms with E-state index in [4.69, 9.17) is 0 Å². The number of aromatic nitrogens is 1. The fourth-order valence-electron chi connectivity index (χ4n) is 2.29. The van der Waals surface area contributed by atoms with Crippen LogP contribution in [0.4, 0.5) is 0 Å². The summed E-state index contributed by atoms with van der Waals surface area (Å²) in [5, 5.41) is 3.07. The summed E-state index contributed by atoms with van der Waals surface area (Å²) in [6.07, 6.45) is 3.41. The Labute approximate surface area is 123 Å². The molecule has 20 heavy (non-hydrogen) atoms. The van der Waals surface area contributed by atoms with Crippen molar-refractivity contribution < 1.29 is 8.42 Å². The third kappa shape index (κ3) is 3.84. The SMILES string of the molecule is CCCN(CCC)S(=O)(=O)c1cc(CNC)n(CC)c1. The van der Waals surface area contributed by atoms with Crippen LogP contribution in [0.5, 0.6) is 0 Å². The van der Waals surface area contributed by atoms with E-state index >= 15 is 0 Å². The zero-order valence-corrected chi connectivity index (χ0v) is 13.8. The van der Waals surface area contributed by atoms with Crippen molar-refractivity contribution in [1.29, 1.82) is 0 Å². The highest BCUT2D eigenvalue weighted by molar-refractivity contribution is 7.89. The maximum absolute atomic E-state index is 12.7. The third-order valence-corrected chi connectivity index (χ3v) is 5.11. The van der Waals surface area contributed by atoms with Gasteiger partial charge in [0.1, 0.15) is 4.90 Å². The standard InChI is InChI=1S/C14H27N3O2S/c1-5-8-17(9-6-2)20(18,19)14-10-13(11-15-4)16(7-3)12-14/h10,12,15H,5-9,11H2,1-4H3. The second-order valence-corrected chi connectivity index (χ2v) is 6.83. The van der Waals surface area contributed by atoms with Crippen LogP contribution >= 0.6 is 0 Å². The first-order chi connectivity index (χ1) is 9.51. The lowest BCUT2D eigenvalue weighted by molar-refractivity contribution is 0.410. The second-order valence-electron chi connectivity index (χ2n) is 4.89. The summed E-state index contributed by atoms with van der Waals surface area (Å²) >= 11 is 0. The van der Waals surface area contributed by atoms with Gasteiger partial charge in [-0.3, -0.25) is 0 Å². The first-order valence-corrected chi connectivity index (χ1v) is 8.79. The van der Waals surface area contributed by atoms with E-state index in [1.807, 2.05) is 32.4 Å². The molecule has 0 unspecified atom stereocenters. The highest BCUT2D eigenvalue weighted by Crippen LogP contribution is 2.20. The van der Waals surface area contributed by atoms with Gasteiger partial charge in [-0.2, -0.15) is 4.31 Å². The minimum Gasteiger partial charge on any atom is -0.349 e. The van der Waals surface area contributed by atoms with Crippen LogP contribution in [0.1, 0.15) is 39.3 Å². The first kappa shape index (κ1) is 17.2. The summed E-state index contributed by atoms with van der Waals surface area (Å²) in [5.74, 6) is 0. The van der Waals surface area contributed by atoms with Crippen molar-refractivity contribution in [1.82, 2.24) is 14.2 Å². The van der Waals surface area contributed by atoms with E-state index in [0.717, 1.165) is 25.1 Å². The molecule has 0 saturated heterocycles. The highest BCUT2D eigenvalue weighted by Gasteiger charge is 2.25. The van der Waals surface area contributed by atoms with Crippen molar-refractivity contribution in [2.24, 2.45) is 0 Å². The molecule has 0 atom stereocenters. The third-order valence-electron chi connectivity index (χ3n) is 3.24. The maximum Gasteiger partial charge on any atom is 0.244 e. The van der Waals surface area contributed by atoms with Crippen molar-refractivity contribution in [2.45, 2.75) is 51.6 Å². The van der Waals surface area contributed by atoms with Crippen LogP contribution in [-0.4, -0.2) is 37.4 Å². The Kier molecular flexibility index (Phi) is 6.71. The summed E-state index contributed by atoms with van der Waals surface area (Å²) in [6, 6.07) is 1.79. The van der Waals surface area contributed by atoms with E-state index in [1.165, 1.54) is 0 Å². The molecule has 0 bridgehead atoms. The van der Waals surface area contributed by atoms with Gasteiger partial charge in [0.05, 0.1) is 0 Å². The van der Waals surface area contributed by atoms with Crippen molar-refractivity contribution in [3.63, 3.8) is 0 Å². The molecule has 0 aliphatic heterocycles. The zero-order chi connectivity index (χ0) is 15.2. The maximum atomic E-state index is 12.7. The van der Waals surface area contributed by atoms with Crippen LogP contribution in [0.15, 0.2) is 17.2 Å². The number of nitrogens with zero attached hydrogens (tertiary/aromatic N) is 2. The molecule has 0 aliphatic carbocycles. The van der Waals surface area contributed by atoms with E-state index < -0.39 is 10.0 Å². The van der Waals surface area contributed by atoms with Crippen molar-refractivity contribution in [3.05, 3.63) is 18.0 Å². The monoisotopic (exact) mass is 301 g/mol. The van der Waals surface area contributed by atoms with Gasteiger partial charge in [-0.25, -0.2) is 8.42 Å². The van der Waals surface area contributed by atoms with Crippen molar-refractivity contribution in [3.8, 4) is 0 Å². The fraction of sp³-hybridized carbons (Fsp3) is 0.714. The van der Waals surface area contributed by atoms with Gasteiger partial charge in [0, 0.05) is 38.1 Å². The van der Waals surface area contributed by atoms with E-state index in [0.29, 0.717) is 24.5 Å². The molecule has 1 aromatic heterocycles. The van der Waals surface area contributed by atoms with Crippen LogP contribution in [0.25, 0.3) is 0 Å². The van der Waals surface area contributed by atoms with E-state index in [9.17, 15) is 8.42 Å². The minimum absolute atomic E-state index is 0.409. The van der Waals surface area contributed by atoms with E-state index in [-0.39, 0.29) is 0 Å². The van der Waals surface area contributed by atoms with Gasteiger partial charge in [0.15, 0.2) is 0 Å². The van der Waals surface area contributed by atoms with Crippen LogP contribution in [0.3, 0.4) is 0 Å². The molecule has 0 aliphatic rings. The number of hydrogen-bond acceptors (Lipinski definition) is 3. The number of sulfonamides is 1. The smallest absolute Gasteiger partial charge is 0.244 e. The van der Waals surface area contributed by atoms with Gasteiger partial charge in [-0.15, -0.1) is 0 Å². The summed E-state index contributed by atoms with van der Waals surface area (Å²) in [7, 11) is -1.51. The Bertz CT molecular complexity index is 502. The molecule has 0 radical (unpaired) electrons. The summed E-state index contributed by atoms with van der Waals surface area (Å²) < 4.78 is 29.0. The molecule has 6 heteroatoms. The average Bonchev–Trinajstić information content (AvgIpc) is 2.83. The normalized spacial score (nSPS) is 12.2. The van der Waals surface area contributed by atoms with Gasteiger partial charge < -0.3 is 9.88 Å². The van der Waals surface area contributed by atoms with E-state index in [2.05, 4.69) is 5.32 Å². The molecule has 1 aromatic rings. The predicted molar refractivity (Wildman–Crippen MR) is 82.2 cm³/mol. The van der Waals surface area contributed by atoms with Gasteiger partial charge in [0.25, 0.3) is 0 Å². The molecular formula is C14H27N3O2S. The number of hydrogen-bond donors (Lipinski definition) is 1. The Morgan fingerprint density at radius 1 is 1.20 bits per heavy atom. The molecule has 1 heterocycles. The largest absolute Gasteiger partial charge is 0.349 e. The summed E-state index contributed by atoms with van der Waals surface area (Å²) in [4.78, 5) is 0.409. The molecule has 0 saturated carbocycles. The molecule has 0 amide bonds. The van der Waals surface area contributed by atoms with Gasteiger partial charge in [0.2, 0.25) is 10.0 Å². The van der Waals surface area contributed by atoms with Gasteiger partial charge >= 0.3 is 0 Å². The molecule has 1 N–H and O–H groups in total. The van der Waals surface area contributed by atoms with Crippen LogP contribution < -0.4 is 5.32 Å². The Hall–Kier alpha value is -0.850. The zero-order valence-electron chi connectivity index (χ0n) is 13.0. The number of aryl methyl sites for hydroxylation is 1. The lowest BCUT2D eigenvalue weighted by atomic mass is 10.4. The lowest BCUT2D eigenvalue weighted by Crippen LogP contribution is -2.32. The quantitative estimate of drug-likeness (QED) is 0.759. The molecule has 116 valence electrons. The molecule has 1 rings (SSSR count). The van der Waals surface area contributed by atoms with Gasteiger partial charge in [-0.05, 0) is 32.9 Å². The highest BCUT2D eigenvalue weighted by atomic mass is 32.2. The van der Waals surface area contributed by atoms with Crippen molar-refractivity contribution in [2.75, 3.05) is 20.1 Å². The van der Waals surface area contributed by atoms with Crippen molar-refractivity contribution >= 4 is 10.0 Å². The number of rotatable bonds is 9. The minimum atomic E-state index is -3.37. The Morgan fingerprint density at radius 2 is 1.80 bits per heavy atom. The number of nitrogens with one attached hydrogen (secondary N) is 1. The molecule has 5 nitrogen and oxygen atoms in total. The molecule has 0 aromatic carbocycles. The topological polar surface area (TPSA) is 54.3 Å². The fourth-order valence-corrected chi connectivity index (χ4v) is 3.98. The second kappa shape index (κ2) is 7.81. The van der Waals surface area contributed by atoms with Gasteiger partial charge in [-0.1, -0.05) is 13.8 Å². The Morgan fingerprint density at radius 3 is 2.25 bits per heavy atom. The van der Waals surface area contributed by atoms with Crippen LogP contribution in [0, 0.1) is 0 Å². The average molecular weight is 301 g/mol. The summed E-state index contributed by atoms with van der Waals surface area (Å²) in [6.45, 7) is 8.62. The molecular weight excluding hydrogens is 274 g/mol. The molecule has 0 spiro atoms. The van der Waals surface area contributed by atoms with Crippen LogP contribution in [0.2, 0.25) is 0 Å².